The van der Waals surface area contributed by atoms with Crippen molar-refractivity contribution in [3.63, 3.8) is 0 Å². The van der Waals surface area contributed by atoms with Crippen molar-refractivity contribution in [1.82, 2.24) is 5.32 Å². The molecule has 0 saturated heterocycles. The van der Waals surface area contributed by atoms with Crippen LogP contribution in [-0.4, -0.2) is 35.7 Å². The fraction of sp³-hybridized carbons (Fsp3) is 0.235. The summed E-state index contributed by atoms with van der Waals surface area (Å²) in [7, 11) is 0. The molecule has 12 nitrogen and oxygen atoms in total. The van der Waals surface area contributed by atoms with E-state index < -0.39 is 29.3 Å². The highest BCUT2D eigenvalue weighted by atomic mass is 19.4. The van der Waals surface area contributed by atoms with E-state index in [0.29, 0.717) is 35.5 Å². The minimum atomic E-state index is -4.58. The average molecular weight is 671 g/mol. The number of rotatable bonds is 13. The molecule has 0 bridgehead atoms. The van der Waals surface area contributed by atoms with Gasteiger partial charge in [0, 0.05) is 58.3 Å². The highest BCUT2D eigenvalue weighted by molar-refractivity contribution is 6.01. The maximum atomic E-state index is 14.6. The Morgan fingerprint density at radius 3 is 2.37 bits per heavy atom. The number of aliphatic imine (C=N–C) groups is 1. The molecule has 1 aliphatic rings. The van der Waals surface area contributed by atoms with E-state index in [4.69, 9.17) is 19.6 Å². The minimum Gasteiger partial charge on any atom is -0.494 e. The molecule has 1 amide bonds. The molecular formula is C34H29F3N8O4. The fourth-order valence-corrected chi connectivity index (χ4v) is 5.40. The summed E-state index contributed by atoms with van der Waals surface area (Å²) in [6.07, 6.45) is -5.54. The lowest BCUT2D eigenvalue weighted by molar-refractivity contribution is -0.137. The Morgan fingerprint density at radius 2 is 1.65 bits per heavy atom. The number of carbonyl (C=O) groups excluding carboxylic acids is 1. The van der Waals surface area contributed by atoms with Crippen LogP contribution in [0.2, 0.25) is 0 Å². The van der Waals surface area contributed by atoms with Crippen LogP contribution in [0.4, 0.5) is 24.5 Å². The molecule has 0 aromatic heterocycles. The van der Waals surface area contributed by atoms with Gasteiger partial charge in [0.25, 0.3) is 5.91 Å². The largest absolute Gasteiger partial charge is 0.494 e. The summed E-state index contributed by atoms with van der Waals surface area (Å²) in [5, 5.41) is 19.4. The number of ether oxygens (including phenoxy) is 2. The number of aliphatic hydroxyl groups is 1. The molecule has 1 aliphatic heterocycles. The number of nitrogens with zero attached hydrogens (tertiary/aromatic N) is 7. The van der Waals surface area contributed by atoms with Crippen molar-refractivity contribution in [1.29, 1.82) is 0 Å². The normalized spacial score (nSPS) is 16.8. The van der Waals surface area contributed by atoms with Crippen LogP contribution in [0.3, 0.4) is 0 Å². The Bertz CT molecular complexity index is 1940. The van der Waals surface area contributed by atoms with E-state index in [9.17, 15) is 29.0 Å². The number of aliphatic hydroxyl groups excluding tert-OH is 1. The second-order valence-electron chi connectivity index (χ2n) is 10.9. The van der Waals surface area contributed by atoms with E-state index in [1.54, 1.807) is 72.8 Å². The topological polar surface area (TPSA) is 178 Å². The predicted octanol–water partition coefficient (Wildman–Crippen LogP) is 8.17. The molecular weight excluding hydrogens is 641 g/mol. The van der Waals surface area contributed by atoms with Crippen molar-refractivity contribution in [2.75, 3.05) is 13.2 Å². The van der Waals surface area contributed by atoms with E-state index >= 15 is 0 Å². The molecule has 0 spiro atoms. The second kappa shape index (κ2) is 15.3. The maximum absolute atomic E-state index is 14.6. The van der Waals surface area contributed by atoms with Crippen LogP contribution in [0.1, 0.15) is 40.3 Å². The number of halogens is 3. The fourth-order valence-electron chi connectivity index (χ4n) is 5.40. The smallest absolute Gasteiger partial charge is 0.416 e. The summed E-state index contributed by atoms with van der Waals surface area (Å²) in [6.45, 7) is -0.00852. The summed E-state index contributed by atoms with van der Waals surface area (Å²) in [5.74, 6) is -0.132. The van der Waals surface area contributed by atoms with Gasteiger partial charge in [0.2, 0.25) is 5.90 Å². The number of hydrogen-bond acceptors (Lipinski definition) is 7. The molecule has 49 heavy (non-hydrogen) atoms. The van der Waals surface area contributed by atoms with Gasteiger partial charge in [-0.3, -0.25) is 4.79 Å². The highest BCUT2D eigenvalue weighted by Crippen LogP contribution is 2.46. The summed E-state index contributed by atoms with van der Waals surface area (Å²) in [4.78, 5) is 25.3. The Labute approximate surface area is 278 Å². The van der Waals surface area contributed by atoms with Gasteiger partial charge in [-0.2, -0.15) is 13.2 Å². The minimum absolute atomic E-state index is 0.0256. The van der Waals surface area contributed by atoms with Gasteiger partial charge in [0.05, 0.1) is 12.2 Å². The Morgan fingerprint density at radius 1 is 0.959 bits per heavy atom. The van der Waals surface area contributed by atoms with Gasteiger partial charge in [-0.25, -0.2) is 4.99 Å². The zero-order valence-corrected chi connectivity index (χ0v) is 25.8. The SMILES string of the molecule is [N-]=[N+]=Nc1ccccc1C[C@@]1(C(=O)NCc2cccc(C(F)(F)F)c2)N=C(c2ccc(OCCCO)cc2)O[C@@H]1c1ccccc1N=[N+]=[N-]. The number of amides is 1. The van der Waals surface area contributed by atoms with Crippen LogP contribution in [0, 0.1) is 0 Å². The summed E-state index contributed by atoms with van der Waals surface area (Å²) >= 11 is 0. The van der Waals surface area contributed by atoms with E-state index in [1.165, 1.54) is 12.1 Å². The second-order valence-corrected chi connectivity index (χ2v) is 10.9. The Kier molecular flexibility index (Phi) is 10.7. The molecule has 15 heteroatoms. The van der Waals surface area contributed by atoms with Crippen LogP contribution >= 0.6 is 0 Å². The van der Waals surface area contributed by atoms with Crippen molar-refractivity contribution < 1.29 is 32.5 Å². The molecule has 4 aromatic rings. The first kappa shape index (κ1) is 34.3. The first-order chi connectivity index (χ1) is 23.7. The van der Waals surface area contributed by atoms with Crippen molar-refractivity contribution in [2.45, 2.75) is 37.2 Å². The maximum Gasteiger partial charge on any atom is 0.416 e. The third-order valence-corrected chi connectivity index (χ3v) is 7.71. The van der Waals surface area contributed by atoms with Gasteiger partial charge in [-0.15, -0.1) is 0 Å². The third kappa shape index (κ3) is 7.94. The molecule has 0 unspecified atom stereocenters. The lowest BCUT2D eigenvalue weighted by atomic mass is 9.81. The number of azide groups is 2. The van der Waals surface area contributed by atoms with Crippen molar-refractivity contribution in [3.8, 4) is 5.75 Å². The monoisotopic (exact) mass is 670 g/mol. The van der Waals surface area contributed by atoms with Crippen molar-refractivity contribution >= 4 is 23.2 Å². The van der Waals surface area contributed by atoms with Crippen molar-refractivity contribution in [2.24, 2.45) is 15.2 Å². The molecule has 2 atom stereocenters. The molecule has 0 saturated carbocycles. The summed E-state index contributed by atoms with van der Waals surface area (Å²) < 4.78 is 52.5. The van der Waals surface area contributed by atoms with E-state index in [0.717, 1.165) is 12.1 Å². The highest BCUT2D eigenvalue weighted by Gasteiger charge is 2.54. The van der Waals surface area contributed by atoms with Crippen LogP contribution in [0.25, 0.3) is 20.9 Å². The van der Waals surface area contributed by atoms with Crippen LogP contribution in [0.5, 0.6) is 5.75 Å². The number of nitrogens with one attached hydrogen (secondary N) is 1. The molecule has 5 rings (SSSR count). The molecule has 1 heterocycles. The van der Waals surface area contributed by atoms with Crippen LogP contribution in [-0.2, 0) is 28.7 Å². The lowest BCUT2D eigenvalue weighted by Gasteiger charge is -2.32. The quantitative estimate of drug-likeness (QED) is 0.0631. The van der Waals surface area contributed by atoms with E-state index in [1.807, 2.05) is 0 Å². The third-order valence-electron chi connectivity index (χ3n) is 7.71. The van der Waals surface area contributed by atoms with Gasteiger partial charge in [-0.1, -0.05) is 70.9 Å². The van der Waals surface area contributed by atoms with Gasteiger partial charge >= 0.3 is 6.18 Å². The lowest BCUT2D eigenvalue weighted by Crippen LogP contribution is -2.49. The van der Waals surface area contributed by atoms with E-state index in [-0.39, 0.29) is 42.4 Å². The number of alkyl halides is 3. The molecule has 0 aliphatic carbocycles. The van der Waals surface area contributed by atoms with Gasteiger partial charge in [-0.05, 0) is 58.6 Å². The Hall–Kier alpha value is -6.01. The zero-order chi connectivity index (χ0) is 34.9. The molecule has 2 N–H and O–H groups in total. The molecule has 0 fully saturated rings. The number of benzene rings is 4. The zero-order valence-electron chi connectivity index (χ0n) is 25.8. The molecule has 250 valence electrons. The first-order valence-electron chi connectivity index (χ1n) is 15.0. The number of hydrogen-bond donors (Lipinski definition) is 2. The summed E-state index contributed by atoms with van der Waals surface area (Å²) in [5.41, 5.74) is 17.7. The average Bonchev–Trinajstić information content (AvgIpc) is 3.49. The molecule has 4 aromatic carbocycles. The van der Waals surface area contributed by atoms with Gasteiger partial charge in [0.1, 0.15) is 5.75 Å². The van der Waals surface area contributed by atoms with Crippen molar-refractivity contribution in [3.05, 3.63) is 146 Å². The molecule has 0 radical (unpaired) electrons. The standard InChI is InChI=1S/C34H29F3N8O4/c35-34(36,37)25-9-5-7-22(19-25)21-40-32(47)33(20-24-8-1-3-11-28(24)42-44-38)30(27-10-2-4-12-29(27)43-45-39)49-31(41-33)23-13-15-26(16-14-23)48-18-6-17-46/h1-5,7-16,19,30,46H,6,17-18,20-21H2,(H,40,47)/t30-,33-/m1/s1. The predicted molar refractivity (Wildman–Crippen MR) is 174 cm³/mol. The Balaban J connectivity index is 1.64. The summed E-state index contributed by atoms with van der Waals surface area (Å²) in [6, 6.07) is 24.4. The van der Waals surface area contributed by atoms with Gasteiger partial charge < -0.3 is 19.9 Å². The first-order valence-corrected chi connectivity index (χ1v) is 15.0. The van der Waals surface area contributed by atoms with Crippen LogP contribution < -0.4 is 10.1 Å². The van der Waals surface area contributed by atoms with E-state index in [2.05, 4.69) is 25.4 Å². The number of carbonyl (C=O) groups is 1. The van der Waals surface area contributed by atoms with Gasteiger partial charge in [0.15, 0.2) is 11.6 Å². The van der Waals surface area contributed by atoms with Crippen LogP contribution in [0.15, 0.2) is 112 Å².